The second-order valence-electron chi connectivity index (χ2n) is 5.50. The Labute approximate surface area is 155 Å². The zero-order valence-corrected chi connectivity index (χ0v) is 14.4. The Bertz CT molecular complexity index is 867. The normalized spacial score (nSPS) is 16.3. The molecular weight excluding hydrogens is 354 g/mol. The first kappa shape index (κ1) is 17.6. The van der Waals surface area contributed by atoms with E-state index in [1.54, 1.807) is 30.5 Å². The summed E-state index contributed by atoms with van der Waals surface area (Å²) in [6.45, 7) is 0. The molecule has 132 valence electrons. The lowest BCUT2D eigenvalue weighted by Gasteiger charge is -2.08. The molecule has 0 spiro atoms. The quantitative estimate of drug-likeness (QED) is 0.556. The topological polar surface area (TPSA) is 94.9 Å². The molecule has 7 nitrogen and oxygen atoms in total. The number of nitrogens with one attached hydrogen (secondary N) is 3. The molecule has 0 unspecified atom stereocenters. The minimum atomic E-state index is -0.813. The average Bonchev–Trinajstić information content (AvgIpc) is 2.97. The van der Waals surface area contributed by atoms with Gasteiger partial charge in [0.25, 0.3) is 5.91 Å². The van der Waals surface area contributed by atoms with Crippen molar-refractivity contribution in [3.63, 3.8) is 0 Å². The maximum atomic E-state index is 12.1. The van der Waals surface area contributed by atoms with Gasteiger partial charge in [0.15, 0.2) is 0 Å². The highest BCUT2D eigenvalue weighted by atomic mass is 35.5. The lowest BCUT2D eigenvalue weighted by atomic mass is 10.2. The fraction of sp³-hybridized carbons (Fsp3) is 0.111. The lowest BCUT2D eigenvalue weighted by molar-refractivity contribution is -0.123. The Hall–Kier alpha value is -3.19. The van der Waals surface area contributed by atoms with Gasteiger partial charge in [-0.2, -0.15) is 5.10 Å². The molecule has 8 heteroatoms. The van der Waals surface area contributed by atoms with Crippen LogP contribution in [0.2, 0.25) is 5.02 Å². The monoisotopic (exact) mass is 369 g/mol. The fourth-order valence-electron chi connectivity index (χ4n) is 2.29. The number of guanidine groups is 1. The van der Waals surface area contributed by atoms with Gasteiger partial charge in [0.1, 0.15) is 6.04 Å². The summed E-state index contributed by atoms with van der Waals surface area (Å²) in [5.41, 5.74) is 4.05. The van der Waals surface area contributed by atoms with Crippen LogP contribution >= 0.6 is 11.6 Å². The zero-order chi connectivity index (χ0) is 18.4. The minimum absolute atomic E-state index is 0.0926. The number of carbonyl (C=O) groups is 2. The molecule has 0 radical (unpaired) electrons. The van der Waals surface area contributed by atoms with Crippen molar-refractivity contribution in [2.24, 2.45) is 10.1 Å². The molecule has 1 aliphatic heterocycles. The van der Waals surface area contributed by atoms with E-state index in [1.165, 1.54) is 0 Å². The number of nitrogens with zero attached hydrogens (tertiary/aromatic N) is 2. The molecule has 1 atom stereocenters. The number of hydrogen-bond donors (Lipinski definition) is 3. The highest BCUT2D eigenvalue weighted by molar-refractivity contribution is 6.33. The summed E-state index contributed by atoms with van der Waals surface area (Å²) in [6, 6.07) is 15.5. The first-order chi connectivity index (χ1) is 12.6. The number of aliphatic imine (C=N–C) groups is 1. The van der Waals surface area contributed by atoms with Gasteiger partial charge in [-0.25, -0.2) is 10.4 Å². The first-order valence-corrected chi connectivity index (χ1v) is 8.27. The Morgan fingerprint density at radius 1 is 1.19 bits per heavy atom. The van der Waals surface area contributed by atoms with Crippen LogP contribution in [0.5, 0.6) is 0 Å². The van der Waals surface area contributed by atoms with Crippen molar-refractivity contribution < 1.29 is 9.59 Å². The zero-order valence-electron chi connectivity index (χ0n) is 13.6. The molecule has 0 saturated carbocycles. The molecule has 2 aromatic carbocycles. The number of carbonyl (C=O) groups excluding carboxylic acids is 2. The predicted molar refractivity (Wildman–Crippen MR) is 101 cm³/mol. The molecule has 1 heterocycles. The average molecular weight is 370 g/mol. The number of halogens is 1. The highest BCUT2D eigenvalue weighted by Gasteiger charge is 2.28. The van der Waals surface area contributed by atoms with E-state index in [9.17, 15) is 9.59 Å². The Balaban J connectivity index is 1.55. The van der Waals surface area contributed by atoms with E-state index < -0.39 is 6.04 Å². The van der Waals surface area contributed by atoms with E-state index in [0.717, 1.165) is 5.56 Å². The summed E-state index contributed by atoms with van der Waals surface area (Å²) >= 11 is 6.00. The summed E-state index contributed by atoms with van der Waals surface area (Å²) in [6.07, 6.45) is 1.51. The SMILES string of the molecule is O=C(C[C@@H]1N=C(N/N=C/c2ccccc2)NC1=O)Nc1ccccc1Cl. The molecule has 2 aromatic rings. The van der Waals surface area contributed by atoms with Crippen LogP contribution in [-0.4, -0.2) is 30.0 Å². The van der Waals surface area contributed by atoms with Crippen LogP contribution in [0.15, 0.2) is 64.7 Å². The van der Waals surface area contributed by atoms with Crippen LogP contribution in [-0.2, 0) is 9.59 Å². The van der Waals surface area contributed by atoms with E-state index in [1.807, 2.05) is 30.3 Å². The molecule has 0 bridgehead atoms. The first-order valence-electron chi connectivity index (χ1n) is 7.89. The van der Waals surface area contributed by atoms with E-state index in [2.05, 4.69) is 26.2 Å². The van der Waals surface area contributed by atoms with Gasteiger partial charge < -0.3 is 5.32 Å². The van der Waals surface area contributed by atoms with Crippen molar-refractivity contribution in [1.82, 2.24) is 10.7 Å². The summed E-state index contributed by atoms with van der Waals surface area (Å²) in [5, 5.41) is 9.66. The van der Waals surface area contributed by atoms with Crippen LogP contribution in [0.3, 0.4) is 0 Å². The van der Waals surface area contributed by atoms with Crippen molar-refractivity contribution in [1.29, 1.82) is 0 Å². The summed E-state index contributed by atoms with van der Waals surface area (Å²) in [7, 11) is 0. The Morgan fingerprint density at radius 3 is 2.69 bits per heavy atom. The molecule has 0 aliphatic carbocycles. The van der Waals surface area contributed by atoms with Crippen LogP contribution in [0, 0.1) is 0 Å². The number of rotatable bonds is 5. The van der Waals surface area contributed by atoms with Crippen LogP contribution in [0.4, 0.5) is 5.69 Å². The van der Waals surface area contributed by atoms with E-state index >= 15 is 0 Å². The third-order valence-corrected chi connectivity index (χ3v) is 3.87. The van der Waals surface area contributed by atoms with E-state index in [0.29, 0.717) is 10.7 Å². The maximum absolute atomic E-state index is 12.1. The number of hydrogen-bond acceptors (Lipinski definition) is 5. The maximum Gasteiger partial charge on any atom is 0.252 e. The van der Waals surface area contributed by atoms with Crippen molar-refractivity contribution in [3.8, 4) is 0 Å². The van der Waals surface area contributed by atoms with Gasteiger partial charge in [-0.3, -0.25) is 14.9 Å². The second-order valence-corrected chi connectivity index (χ2v) is 5.90. The number of hydrazone groups is 1. The fourth-order valence-corrected chi connectivity index (χ4v) is 2.47. The summed E-state index contributed by atoms with van der Waals surface area (Å²) in [5.74, 6) is -0.509. The standard InChI is InChI=1S/C18H16ClN5O2/c19-13-8-4-5-9-14(13)21-16(25)10-15-17(26)23-18(22-15)24-20-11-12-6-2-1-3-7-12/h1-9,11,15H,10H2,(H,21,25)(H2,22,23,24,26)/b20-11+/t15-/m0/s1. The van der Waals surface area contributed by atoms with E-state index in [4.69, 9.17) is 11.6 Å². The van der Waals surface area contributed by atoms with Gasteiger partial charge in [0.05, 0.1) is 23.3 Å². The third-order valence-electron chi connectivity index (χ3n) is 3.54. The van der Waals surface area contributed by atoms with Crippen molar-refractivity contribution in [2.45, 2.75) is 12.5 Å². The van der Waals surface area contributed by atoms with Gasteiger partial charge in [0, 0.05) is 0 Å². The molecule has 3 rings (SSSR count). The largest absolute Gasteiger partial charge is 0.325 e. The smallest absolute Gasteiger partial charge is 0.252 e. The van der Waals surface area contributed by atoms with Gasteiger partial charge in [-0.05, 0) is 17.7 Å². The molecule has 26 heavy (non-hydrogen) atoms. The van der Waals surface area contributed by atoms with Gasteiger partial charge in [0.2, 0.25) is 11.9 Å². The van der Waals surface area contributed by atoms with Crippen molar-refractivity contribution in [3.05, 3.63) is 65.2 Å². The van der Waals surface area contributed by atoms with Crippen LogP contribution < -0.4 is 16.1 Å². The Kier molecular flexibility index (Phi) is 5.60. The summed E-state index contributed by atoms with van der Waals surface area (Å²) < 4.78 is 0. The number of anilines is 1. The van der Waals surface area contributed by atoms with Gasteiger partial charge in [-0.15, -0.1) is 0 Å². The lowest BCUT2D eigenvalue weighted by Crippen LogP contribution is -2.35. The molecule has 0 saturated heterocycles. The third kappa shape index (κ3) is 4.67. The van der Waals surface area contributed by atoms with E-state index in [-0.39, 0.29) is 24.2 Å². The number of benzene rings is 2. The molecule has 0 fully saturated rings. The number of amides is 2. The Morgan fingerprint density at radius 2 is 1.92 bits per heavy atom. The summed E-state index contributed by atoms with van der Waals surface area (Å²) in [4.78, 5) is 28.2. The number of para-hydroxylation sites is 1. The minimum Gasteiger partial charge on any atom is -0.325 e. The molecule has 3 N–H and O–H groups in total. The van der Waals surface area contributed by atoms with Crippen LogP contribution in [0.25, 0.3) is 0 Å². The highest BCUT2D eigenvalue weighted by Crippen LogP contribution is 2.21. The van der Waals surface area contributed by atoms with Crippen molar-refractivity contribution in [2.75, 3.05) is 5.32 Å². The molecule has 0 aromatic heterocycles. The van der Waals surface area contributed by atoms with Gasteiger partial charge >= 0.3 is 0 Å². The molecule has 1 aliphatic rings. The van der Waals surface area contributed by atoms with Crippen molar-refractivity contribution >= 4 is 41.3 Å². The van der Waals surface area contributed by atoms with Gasteiger partial charge in [-0.1, -0.05) is 54.1 Å². The second kappa shape index (κ2) is 8.26. The molecular formula is C18H16ClN5O2. The predicted octanol–water partition coefficient (Wildman–Crippen LogP) is 2.15. The molecule has 2 amide bonds. The van der Waals surface area contributed by atoms with Crippen LogP contribution in [0.1, 0.15) is 12.0 Å².